The third kappa shape index (κ3) is 4.58. The second-order valence-corrected chi connectivity index (χ2v) is 6.22. The van der Waals surface area contributed by atoms with E-state index in [1.807, 2.05) is 10.9 Å². The summed E-state index contributed by atoms with van der Waals surface area (Å²) in [5.41, 5.74) is 1.05. The van der Waals surface area contributed by atoms with Crippen molar-refractivity contribution < 1.29 is 4.74 Å². The fourth-order valence-electron chi connectivity index (χ4n) is 2.13. The summed E-state index contributed by atoms with van der Waals surface area (Å²) in [7, 11) is 1.77. The second-order valence-electron chi connectivity index (χ2n) is 5.37. The predicted octanol–water partition coefficient (Wildman–Crippen LogP) is 3.52. The van der Waals surface area contributed by atoms with Crippen molar-refractivity contribution in [1.29, 1.82) is 0 Å². The largest absolute Gasteiger partial charge is 0.379 e. The van der Waals surface area contributed by atoms with Gasteiger partial charge in [0.15, 0.2) is 0 Å². The number of rotatable bonds is 8. The minimum Gasteiger partial charge on any atom is -0.379 e. The van der Waals surface area contributed by atoms with Gasteiger partial charge in [-0.15, -0.1) is 0 Å². The molecule has 0 aliphatic carbocycles. The normalized spacial score (nSPS) is 13.8. The van der Waals surface area contributed by atoms with E-state index in [-0.39, 0.29) is 11.6 Å². The van der Waals surface area contributed by atoms with Crippen LogP contribution in [0.4, 0.5) is 0 Å². The van der Waals surface area contributed by atoms with E-state index >= 15 is 0 Å². The second kappa shape index (κ2) is 7.41. The summed E-state index contributed by atoms with van der Waals surface area (Å²) in [6, 6.07) is 0.242. The van der Waals surface area contributed by atoms with E-state index in [9.17, 15) is 0 Å². The van der Waals surface area contributed by atoms with Crippen LogP contribution in [0.1, 0.15) is 52.3 Å². The summed E-state index contributed by atoms with van der Waals surface area (Å²) in [4.78, 5) is 0. The number of nitrogens with zero attached hydrogens (tertiary/aromatic N) is 2. The Morgan fingerprint density at radius 2 is 2.16 bits per heavy atom. The average Bonchev–Trinajstić information content (AvgIpc) is 2.75. The molecule has 0 saturated carbocycles. The van der Waals surface area contributed by atoms with Gasteiger partial charge in [0.25, 0.3) is 0 Å². The lowest BCUT2D eigenvalue weighted by molar-refractivity contribution is 0.00608. The summed E-state index contributed by atoms with van der Waals surface area (Å²) >= 11 is 3.62. The Hall–Kier alpha value is -0.390. The summed E-state index contributed by atoms with van der Waals surface area (Å²) in [6.45, 7) is 10.4. The molecule has 1 heterocycles. The van der Waals surface area contributed by atoms with Crippen molar-refractivity contribution in [3.8, 4) is 0 Å². The Morgan fingerprint density at radius 1 is 1.47 bits per heavy atom. The van der Waals surface area contributed by atoms with Crippen LogP contribution in [0.3, 0.4) is 0 Å². The Kier molecular flexibility index (Phi) is 6.50. The van der Waals surface area contributed by atoms with Crippen LogP contribution in [-0.4, -0.2) is 29.0 Å². The summed E-state index contributed by atoms with van der Waals surface area (Å²) in [6.07, 6.45) is 3.90. The van der Waals surface area contributed by atoms with Gasteiger partial charge in [0.2, 0.25) is 0 Å². The molecule has 0 spiro atoms. The van der Waals surface area contributed by atoms with Gasteiger partial charge in [0.05, 0.1) is 28.0 Å². The molecule has 0 aromatic carbocycles. The van der Waals surface area contributed by atoms with Crippen LogP contribution < -0.4 is 5.32 Å². The summed E-state index contributed by atoms with van der Waals surface area (Å²) in [5, 5.41) is 8.01. The van der Waals surface area contributed by atoms with E-state index in [1.165, 1.54) is 5.69 Å². The molecule has 1 N–H and O–H groups in total. The van der Waals surface area contributed by atoms with E-state index in [1.54, 1.807) is 7.11 Å². The lowest BCUT2D eigenvalue weighted by Gasteiger charge is -2.30. The van der Waals surface area contributed by atoms with Crippen LogP contribution in [0.5, 0.6) is 0 Å². The van der Waals surface area contributed by atoms with Crippen molar-refractivity contribution in [3.63, 3.8) is 0 Å². The molecule has 0 amide bonds. The quantitative estimate of drug-likeness (QED) is 0.792. The number of methoxy groups -OCH3 is 1. The molecule has 1 aromatic heterocycles. The minimum absolute atomic E-state index is 0.159. The fourth-order valence-corrected chi connectivity index (χ4v) is 2.70. The molecule has 0 aliphatic heterocycles. The molecule has 4 nitrogen and oxygen atoms in total. The molecule has 1 aromatic rings. The zero-order valence-electron chi connectivity index (χ0n) is 12.7. The number of hydrogen-bond acceptors (Lipinski definition) is 3. The maximum Gasteiger partial charge on any atom is 0.0696 e. The SMILES string of the molecule is CCCNC(CC(C)(C)OC)c1c(Br)cnn1CC. The molecule has 19 heavy (non-hydrogen) atoms. The van der Waals surface area contributed by atoms with Crippen molar-refractivity contribution in [2.24, 2.45) is 0 Å². The molecule has 0 fully saturated rings. The molecule has 0 bridgehead atoms. The first-order chi connectivity index (χ1) is 8.95. The molecule has 1 atom stereocenters. The smallest absolute Gasteiger partial charge is 0.0696 e. The molecule has 110 valence electrons. The first-order valence-electron chi connectivity index (χ1n) is 6.94. The van der Waals surface area contributed by atoms with Crippen molar-refractivity contribution in [3.05, 3.63) is 16.4 Å². The van der Waals surface area contributed by atoms with Crippen molar-refractivity contribution in [1.82, 2.24) is 15.1 Å². The minimum atomic E-state index is -0.159. The van der Waals surface area contributed by atoms with Gasteiger partial charge in [-0.05, 0) is 56.1 Å². The number of aryl methyl sites for hydroxylation is 1. The van der Waals surface area contributed by atoms with Gasteiger partial charge in [0, 0.05) is 13.7 Å². The van der Waals surface area contributed by atoms with Gasteiger partial charge in [-0.25, -0.2) is 0 Å². The van der Waals surface area contributed by atoms with E-state index in [4.69, 9.17) is 4.74 Å². The molecule has 1 rings (SSSR count). The van der Waals surface area contributed by atoms with Gasteiger partial charge in [0.1, 0.15) is 0 Å². The highest BCUT2D eigenvalue weighted by Gasteiger charge is 2.27. The van der Waals surface area contributed by atoms with Crippen LogP contribution in [-0.2, 0) is 11.3 Å². The maximum absolute atomic E-state index is 5.57. The van der Waals surface area contributed by atoms with Gasteiger partial charge in [-0.3, -0.25) is 4.68 Å². The molecule has 0 radical (unpaired) electrons. The Bertz CT molecular complexity index is 390. The third-order valence-corrected chi connectivity index (χ3v) is 3.96. The average molecular weight is 332 g/mol. The first kappa shape index (κ1) is 16.7. The zero-order chi connectivity index (χ0) is 14.5. The van der Waals surface area contributed by atoms with Gasteiger partial charge < -0.3 is 10.1 Å². The number of halogens is 1. The molecule has 1 unspecified atom stereocenters. The van der Waals surface area contributed by atoms with E-state index < -0.39 is 0 Å². The Balaban J connectivity index is 2.98. The van der Waals surface area contributed by atoms with Crippen LogP contribution in [0, 0.1) is 0 Å². The number of aromatic nitrogens is 2. The molecular weight excluding hydrogens is 306 g/mol. The van der Waals surface area contributed by atoms with Crippen LogP contribution in [0.15, 0.2) is 10.7 Å². The topological polar surface area (TPSA) is 39.1 Å². The van der Waals surface area contributed by atoms with Crippen molar-refractivity contribution >= 4 is 15.9 Å². The third-order valence-electron chi connectivity index (χ3n) is 3.35. The molecular formula is C14H26BrN3O. The summed E-state index contributed by atoms with van der Waals surface area (Å²) < 4.78 is 8.68. The highest BCUT2D eigenvalue weighted by Crippen LogP contribution is 2.30. The van der Waals surface area contributed by atoms with Gasteiger partial charge in [-0.2, -0.15) is 5.10 Å². The standard InChI is InChI=1S/C14H26BrN3O/c1-6-8-16-12(9-14(3,4)19-5)13-11(15)10-17-18(13)7-2/h10,12,16H,6-9H2,1-5H3. The van der Waals surface area contributed by atoms with Crippen LogP contribution in [0.2, 0.25) is 0 Å². The fraction of sp³-hybridized carbons (Fsp3) is 0.786. The summed E-state index contributed by atoms with van der Waals surface area (Å²) in [5.74, 6) is 0. The zero-order valence-corrected chi connectivity index (χ0v) is 14.2. The monoisotopic (exact) mass is 331 g/mol. The number of hydrogen-bond donors (Lipinski definition) is 1. The van der Waals surface area contributed by atoms with E-state index in [0.717, 1.165) is 30.4 Å². The lowest BCUT2D eigenvalue weighted by Crippen LogP contribution is -2.33. The highest BCUT2D eigenvalue weighted by atomic mass is 79.9. The Labute approximate surface area is 125 Å². The molecule has 5 heteroatoms. The lowest BCUT2D eigenvalue weighted by atomic mass is 9.96. The van der Waals surface area contributed by atoms with Crippen molar-refractivity contribution in [2.75, 3.05) is 13.7 Å². The Morgan fingerprint density at radius 3 is 2.68 bits per heavy atom. The van der Waals surface area contributed by atoms with E-state index in [2.05, 4.69) is 54.0 Å². The van der Waals surface area contributed by atoms with E-state index in [0.29, 0.717) is 0 Å². The van der Waals surface area contributed by atoms with Gasteiger partial charge in [-0.1, -0.05) is 6.92 Å². The van der Waals surface area contributed by atoms with Crippen LogP contribution >= 0.6 is 15.9 Å². The van der Waals surface area contributed by atoms with Crippen LogP contribution in [0.25, 0.3) is 0 Å². The predicted molar refractivity (Wildman–Crippen MR) is 82.3 cm³/mol. The number of ether oxygens (including phenoxy) is 1. The highest BCUT2D eigenvalue weighted by molar-refractivity contribution is 9.10. The molecule has 0 aliphatic rings. The van der Waals surface area contributed by atoms with Gasteiger partial charge >= 0.3 is 0 Å². The molecule has 0 saturated heterocycles. The first-order valence-corrected chi connectivity index (χ1v) is 7.74. The number of nitrogens with one attached hydrogen (secondary N) is 1. The van der Waals surface area contributed by atoms with Crippen molar-refractivity contribution in [2.45, 2.75) is 58.7 Å². The maximum atomic E-state index is 5.57.